The Balaban J connectivity index is 2.29. The van der Waals surface area contributed by atoms with Gasteiger partial charge in [-0.05, 0) is 53.8 Å². The van der Waals surface area contributed by atoms with E-state index in [1.54, 1.807) is 6.92 Å². The van der Waals surface area contributed by atoms with Crippen molar-refractivity contribution < 1.29 is 31.9 Å². The van der Waals surface area contributed by atoms with Gasteiger partial charge in [0.15, 0.2) is 17.5 Å². The first-order chi connectivity index (χ1) is 12.8. The molecule has 0 heterocycles. The molecular formula is C17H15F4IN2O3. The van der Waals surface area contributed by atoms with Crippen LogP contribution in [0.4, 0.5) is 28.9 Å². The SMILES string of the molecule is CCOCCONC(=O)c1cc(F)c(F)c(F)c1Nc1ccc(I)cc1F. The molecule has 2 rings (SSSR count). The van der Waals surface area contributed by atoms with Crippen LogP contribution in [0.25, 0.3) is 0 Å². The maximum absolute atomic E-state index is 14.2. The number of nitrogens with one attached hydrogen (secondary N) is 2. The summed E-state index contributed by atoms with van der Waals surface area (Å²) >= 11 is 1.87. The van der Waals surface area contributed by atoms with E-state index in [0.717, 1.165) is 6.07 Å². The van der Waals surface area contributed by atoms with Gasteiger partial charge in [-0.15, -0.1) is 0 Å². The summed E-state index contributed by atoms with van der Waals surface area (Å²) in [6.45, 7) is 2.38. The molecule has 27 heavy (non-hydrogen) atoms. The Morgan fingerprint density at radius 1 is 1.07 bits per heavy atom. The fraction of sp³-hybridized carbons (Fsp3) is 0.235. The number of hydrogen-bond donors (Lipinski definition) is 2. The van der Waals surface area contributed by atoms with Crippen molar-refractivity contribution >= 4 is 39.9 Å². The molecule has 0 unspecified atom stereocenters. The quantitative estimate of drug-likeness (QED) is 0.188. The van der Waals surface area contributed by atoms with Crippen LogP contribution >= 0.6 is 22.6 Å². The number of halogens is 5. The predicted octanol–water partition coefficient (Wildman–Crippen LogP) is 4.29. The highest BCUT2D eigenvalue weighted by Crippen LogP contribution is 2.30. The standard InChI is InChI=1S/C17H15F4IN2O3/c1-2-26-5-6-27-24-17(25)10-8-12(19)14(20)15(21)16(10)23-13-4-3-9(22)7-11(13)18/h3-4,7-8,23H,2,5-6H2,1H3,(H,24,25). The number of hydroxylamine groups is 1. The van der Waals surface area contributed by atoms with Crippen LogP contribution in [-0.2, 0) is 9.57 Å². The highest BCUT2D eigenvalue weighted by molar-refractivity contribution is 14.1. The van der Waals surface area contributed by atoms with Gasteiger partial charge in [0.1, 0.15) is 5.82 Å². The van der Waals surface area contributed by atoms with Crippen molar-refractivity contribution in [3.63, 3.8) is 0 Å². The average Bonchev–Trinajstić information content (AvgIpc) is 2.63. The number of anilines is 2. The number of benzene rings is 2. The van der Waals surface area contributed by atoms with E-state index < -0.39 is 40.4 Å². The van der Waals surface area contributed by atoms with Crippen LogP contribution in [-0.4, -0.2) is 25.7 Å². The molecule has 1 amide bonds. The number of carbonyl (C=O) groups excluding carboxylic acids is 1. The molecule has 2 N–H and O–H groups in total. The number of amides is 1. The van der Waals surface area contributed by atoms with Gasteiger partial charge in [-0.25, -0.2) is 23.0 Å². The minimum absolute atomic E-state index is 0.0136. The van der Waals surface area contributed by atoms with E-state index in [4.69, 9.17) is 9.57 Å². The van der Waals surface area contributed by atoms with Crippen LogP contribution in [0.1, 0.15) is 17.3 Å². The zero-order valence-electron chi connectivity index (χ0n) is 14.0. The van der Waals surface area contributed by atoms with E-state index in [9.17, 15) is 22.4 Å². The molecule has 0 aromatic heterocycles. The third kappa shape index (κ3) is 5.53. The summed E-state index contributed by atoms with van der Waals surface area (Å²) in [6.07, 6.45) is 0. The summed E-state index contributed by atoms with van der Waals surface area (Å²) in [5.41, 5.74) is 0.437. The lowest BCUT2D eigenvalue weighted by molar-refractivity contribution is 0.00166. The van der Waals surface area contributed by atoms with Crippen LogP contribution in [0.3, 0.4) is 0 Å². The highest BCUT2D eigenvalue weighted by atomic mass is 127. The van der Waals surface area contributed by atoms with Crippen LogP contribution in [0.2, 0.25) is 0 Å². The van der Waals surface area contributed by atoms with Crippen molar-refractivity contribution in [1.82, 2.24) is 5.48 Å². The number of carbonyl (C=O) groups is 1. The van der Waals surface area contributed by atoms with E-state index in [1.165, 1.54) is 12.1 Å². The summed E-state index contributed by atoms with van der Waals surface area (Å²) in [5.74, 6) is -6.83. The van der Waals surface area contributed by atoms with Crippen molar-refractivity contribution in [3.05, 3.63) is 56.7 Å². The Labute approximate surface area is 166 Å². The normalized spacial score (nSPS) is 10.7. The number of hydrogen-bond acceptors (Lipinski definition) is 4. The van der Waals surface area contributed by atoms with Crippen LogP contribution in [0, 0.1) is 26.8 Å². The molecule has 0 aliphatic rings. The van der Waals surface area contributed by atoms with Gasteiger partial charge in [0.25, 0.3) is 5.91 Å². The van der Waals surface area contributed by atoms with E-state index in [1.807, 2.05) is 28.1 Å². The maximum atomic E-state index is 14.2. The van der Waals surface area contributed by atoms with Gasteiger partial charge < -0.3 is 10.1 Å². The van der Waals surface area contributed by atoms with Crippen molar-refractivity contribution in [2.45, 2.75) is 6.92 Å². The van der Waals surface area contributed by atoms with Crippen LogP contribution < -0.4 is 10.8 Å². The largest absolute Gasteiger partial charge is 0.379 e. The summed E-state index contributed by atoms with van der Waals surface area (Å²) in [4.78, 5) is 17.0. The van der Waals surface area contributed by atoms with Crippen molar-refractivity contribution in [2.24, 2.45) is 0 Å². The highest BCUT2D eigenvalue weighted by Gasteiger charge is 2.24. The molecule has 0 aliphatic carbocycles. The molecule has 0 spiro atoms. The van der Waals surface area contributed by atoms with Gasteiger partial charge in [0.05, 0.1) is 30.2 Å². The fourth-order valence-corrected chi connectivity index (χ4v) is 2.49. The molecule has 10 heteroatoms. The Kier molecular flexibility index (Phi) is 7.80. The molecular weight excluding hydrogens is 483 g/mol. The molecule has 0 saturated carbocycles. The minimum Gasteiger partial charge on any atom is -0.379 e. The smallest absolute Gasteiger partial charge is 0.277 e. The van der Waals surface area contributed by atoms with Crippen molar-refractivity contribution in [1.29, 1.82) is 0 Å². The van der Waals surface area contributed by atoms with Gasteiger partial charge in [0.2, 0.25) is 0 Å². The molecule has 0 atom stereocenters. The maximum Gasteiger partial charge on any atom is 0.277 e. The Bertz CT molecular complexity index is 836. The molecule has 0 bridgehead atoms. The molecule has 146 valence electrons. The lowest BCUT2D eigenvalue weighted by atomic mass is 10.1. The average molecular weight is 498 g/mol. The fourth-order valence-electron chi connectivity index (χ4n) is 2.04. The van der Waals surface area contributed by atoms with Crippen molar-refractivity contribution in [3.8, 4) is 0 Å². The summed E-state index contributed by atoms with van der Waals surface area (Å²) in [5, 5.41) is 2.29. The van der Waals surface area contributed by atoms with E-state index in [-0.39, 0.29) is 18.9 Å². The van der Waals surface area contributed by atoms with Gasteiger partial charge >= 0.3 is 0 Å². The minimum atomic E-state index is -1.79. The van der Waals surface area contributed by atoms with Gasteiger partial charge in [-0.3, -0.25) is 9.63 Å². The topological polar surface area (TPSA) is 59.6 Å². The Hall–Kier alpha value is -1.92. The lowest BCUT2D eigenvalue weighted by Crippen LogP contribution is -2.27. The van der Waals surface area contributed by atoms with E-state index in [0.29, 0.717) is 16.2 Å². The first-order valence-electron chi connectivity index (χ1n) is 7.74. The third-order valence-electron chi connectivity index (χ3n) is 3.30. The monoisotopic (exact) mass is 498 g/mol. The predicted molar refractivity (Wildman–Crippen MR) is 98.6 cm³/mol. The Morgan fingerprint density at radius 2 is 1.81 bits per heavy atom. The first kappa shape index (κ1) is 21.4. The zero-order valence-corrected chi connectivity index (χ0v) is 16.2. The molecule has 0 saturated heterocycles. The van der Waals surface area contributed by atoms with E-state index >= 15 is 0 Å². The van der Waals surface area contributed by atoms with Gasteiger partial charge in [-0.1, -0.05) is 0 Å². The van der Waals surface area contributed by atoms with Crippen molar-refractivity contribution in [2.75, 3.05) is 25.1 Å². The first-order valence-corrected chi connectivity index (χ1v) is 8.82. The summed E-state index contributed by atoms with van der Waals surface area (Å²) in [6, 6.07) is 4.43. The summed E-state index contributed by atoms with van der Waals surface area (Å²) in [7, 11) is 0. The summed E-state index contributed by atoms with van der Waals surface area (Å²) < 4.78 is 61.0. The second-order valence-corrected chi connectivity index (χ2v) is 6.38. The third-order valence-corrected chi connectivity index (χ3v) is 3.97. The number of ether oxygens (including phenoxy) is 1. The molecule has 5 nitrogen and oxygen atoms in total. The van der Waals surface area contributed by atoms with Crippen LogP contribution in [0.5, 0.6) is 0 Å². The molecule has 0 fully saturated rings. The van der Waals surface area contributed by atoms with E-state index in [2.05, 4.69) is 5.32 Å². The number of rotatable bonds is 8. The molecule has 0 aliphatic heterocycles. The molecule has 2 aromatic carbocycles. The second-order valence-electron chi connectivity index (χ2n) is 5.13. The second kappa shape index (κ2) is 9.85. The Morgan fingerprint density at radius 3 is 2.48 bits per heavy atom. The molecule has 2 aromatic rings. The lowest BCUT2D eigenvalue weighted by Gasteiger charge is -2.15. The van der Waals surface area contributed by atoms with Crippen LogP contribution in [0.15, 0.2) is 24.3 Å². The molecule has 0 radical (unpaired) electrons. The zero-order chi connectivity index (χ0) is 20.0. The van der Waals surface area contributed by atoms with Gasteiger partial charge in [0, 0.05) is 10.2 Å². The van der Waals surface area contributed by atoms with Gasteiger partial charge in [-0.2, -0.15) is 0 Å².